The van der Waals surface area contributed by atoms with Gasteiger partial charge in [-0.15, -0.1) is 0 Å². The Morgan fingerprint density at radius 3 is 0.940 bits per heavy atom. The molecule has 6 heteroatoms. The second-order valence-corrected chi connectivity index (χ2v) is 26.3. The van der Waals surface area contributed by atoms with Crippen molar-refractivity contribution in [3.8, 4) is 0 Å². The summed E-state index contributed by atoms with van der Waals surface area (Å²) in [5, 5.41) is 23.5. The summed E-state index contributed by atoms with van der Waals surface area (Å²) < 4.78 is 5.49. The van der Waals surface area contributed by atoms with Crippen LogP contribution in [0.4, 0.5) is 0 Å². The summed E-state index contributed by atoms with van der Waals surface area (Å²) in [6.45, 7) is 4.96. The monoisotopic (exact) mass is 1180 g/mol. The fourth-order valence-electron chi connectivity index (χ4n) is 12.1. The smallest absolute Gasteiger partial charge is 0.305 e. The summed E-state index contributed by atoms with van der Waals surface area (Å²) in [7, 11) is 0. The van der Waals surface area contributed by atoms with E-state index in [1.165, 1.54) is 340 Å². The van der Waals surface area contributed by atoms with Crippen LogP contribution < -0.4 is 5.32 Å². The van der Waals surface area contributed by atoms with Crippen molar-refractivity contribution in [2.24, 2.45) is 0 Å². The van der Waals surface area contributed by atoms with Gasteiger partial charge < -0.3 is 20.3 Å². The van der Waals surface area contributed by atoms with Crippen LogP contribution in [-0.2, 0) is 14.3 Å². The van der Waals surface area contributed by atoms with Crippen molar-refractivity contribution < 1.29 is 24.5 Å². The second kappa shape index (κ2) is 73.5. The van der Waals surface area contributed by atoms with Gasteiger partial charge in [-0.05, 0) is 83.5 Å². The van der Waals surface area contributed by atoms with Crippen molar-refractivity contribution in [1.29, 1.82) is 0 Å². The minimum Gasteiger partial charge on any atom is -0.466 e. The van der Waals surface area contributed by atoms with E-state index in [0.717, 1.165) is 51.4 Å². The third-order valence-electron chi connectivity index (χ3n) is 17.9. The molecule has 0 aromatic heterocycles. The normalized spacial score (nSPS) is 12.7. The Labute approximate surface area is 525 Å². The van der Waals surface area contributed by atoms with Crippen molar-refractivity contribution in [3.05, 3.63) is 36.5 Å². The van der Waals surface area contributed by atoms with Gasteiger partial charge in [-0.3, -0.25) is 9.59 Å². The highest BCUT2D eigenvalue weighted by Crippen LogP contribution is 2.19. The number of allylic oxidation sites excluding steroid dienone is 6. The first-order chi connectivity index (χ1) is 41.5. The first kappa shape index (κ1) is 82.1. The Hall–Kier alpha value is -1.92. The number of ether oxygens (including phenoxy) is 1. The molecular weight excluding hydrogens is 1030 g/mol. The average molecular weight is 1180 g/mol. The summed E-state index contributed by atoms with van der Waals surface area (Å²) in [5.41, 5.74) is 0. The van der Waals surface area contributed by atoms with E-state index < -0.39 is 12.1 Å². The van der Waals surface area contributed by atoms with Crippen molar-refractivity contribution in [2.75, 3.05) is 13.2 Å². The van der Waals surface area contributed by atoms with Gasteiger partial charge in [0, 0.05) is 12.8 Å². The molecule has 2 atom stereocenters. The van der Waals surface area contributed by atoms with E-state index >= 15 is 0 Å². The molecule has 0 aliphatic heterocycles. The molecule has 0 aliphatic carbocycles. The van der Waals surface area contributed by atoms with Crippen molar-refractivity contribution in [3.63, 3.8) is 0 Å². The maximum absolute atomic E-state index is 12.6. The van der Waals surface area contributed by atoms with Gasteiger partial charge in [0.25, 0.3) is 0 Å². The van der Waals surface area contributed by atoms with Crippen LogP contribution in [0.3, 0.4) is 0 Å². The first-order valence-corrected chi connectivity index (χ1v) is 38.2. The summed E-state index contributed by atoms with van der Waals surface area (Å²) in [6.07, 6.45) is 95.0. The lowest BCUT2D eigenvalue weighted by Crippen LogP contribution is -2.45. The summed E-state index contributed by atoms with van der Waals surface area (Å²) in [4.78, 5) is 24.6. The minimum atomic E-state index is -0.667. The minimum absolute atomic E-state index is 0.00184. The summed E-state index contributed by atoms with van der Waals surface area (Å²) >= 11 is 0. The number of unbranched alkanes of at least 4 members (excludes halogenated alkanes) is 55. The molecule has 6 nitrogen and oxygen atoms in total. The number of aliphatic hydroxyl groups excluding tert-OH is 2. The van der Waals surface area contributed by atoms with Gasteiger partial charge in [0.2, 0.25) is 5.91 Å². The fraction of sp³-hybridized carbons (Fsp3) is 0.897. The highest BCUT2D eigenvalue weighted by molar-refractivity contribution is 5.76. The second-order valence-electron chi connectivity index (χ2n) is 26.3. The van der Waals surface area contributed by atoms with E-state index in [1.54, 1.807) is 0 Å². The number of aliphatic hydroxyl groups is 2. The number of hydrogen-bond donors (Lipinski definition) is 3. The fourth-order valence-corrected chi connectivity index (χ4v) is 12.1. The lowest BCUT2D eigenvalue weighted by molar-refractivity contribution is -0.143. The summed E-state index contributed by atoms with van der Waals surface area (Å²) in [5.74, 6) is -0.0290. The molecule has 0 spiro atoms. The number of esters is 1. The van der Waals surface area contributed by atoms with Gasteiger partial charge in [0.05, 0.1) is 25.4 Å². The van der Waals surface area contributed by atoms with Crippen LogP contribution in [0.2, 0.25) is 0 Å². The number of amides is 1. The van der Waals surface area contributed by atoms with Crippen molar-refractivity contribution in [2.45, 2.75) is 437 Å². The van der Waals surface area contributed by atoms with Crippen LogP contribution in [-0.4, -0.2) is 47.4 Å². The Morgan fingerprint density at radius 2 is 0.595 bits per heavy atom. The molecule has 0 aliphatic rings. The lowest BCUT2D eigenvalue weighted by Gasteiger charge is -2.22. The lowest BCUT2D eigenvalue weighted by atomic mass is 10.0. The first-order valence-electron chi connectivity index (χ1n) is 38.2. The van der Waals surface area contributed by atoms with E-state index in [4.69, 9.17) is 4.74 Å². The summed E-state index contributed by atoms with van der Waals surface area (Å²) in [6, 6.07) is -0.544. The van der Waals surface area contributed by atoms with Crippen molar-refractivity contribution >= 4 is 11.9 Å². The Morgan fingerprint density at radius 1 is 0.333 bits per heavy atom. The number of carbonyl (C=O) groups excluding carboxylic acids is 2. The predicted octanol–water partition coefficient (Wildman–Crippen LogP) is 25.0. The van der Waals surface area contributed by atoms with Gasteiger partial charge in [-0.1, -0.05) is 365 Å². The van der Waals surface area contributed by atoms with Gasteiger partial charge in [0.15, 0.2) is 0 Å². The molecule has 3 N–H and O–H groups in total. The van der Waals surface area contributed by atoms with E-state index in [-0.39, 0.29) is 18.5 Å². The molecule has 1 amide bonds. The van der Waals surface area contributed by atoms with Crippen LogP contribution in [0.15, 0.2) is 36.5 Å². The Balaban J connectivity index is 3.39. The van der Waals surface area contributed by atoms with Gasteiger partial charge in [-0.25, -0.2) is 0 Å². The maximum Gasteiger partial charge on any atom is 0.305 e. The third-order valence-corrected chi connectivity index (χ3v) is 17.9. The Kier molecular flexibility index (Phi) is 71.9. The highest BCUT2D eigenvalue weighted by atomic mass is 16.5. The van der Waals surface area contributed by atoms with Gasteiger partial charge >= 0.3 is 5.97 Å². The molecule has 0 radical (unpaired) electrons. The highest BCUT2D eigenvalue weighted by Gasteiger charge is 2.20. The average Bonchev–Trinajstić information content (AvgIpc) is 3.51. The van der Waals surface area contributed by atoms with Gasteiger partial charge in [0.1, 0.15) is 0 Å². The van der Waals surface area contributed by atoms with Crippen LogP contribution in [0.25, 0.3) is 0 Å². The predicted molar refractivity (Wildman–Crippen MR) is 370 cm³/mol. The standard InChI is InChI=1S/C78H149NO5/c1-3-5-7-9-11-13-15-17-19-20-21-22-23-27-30-33-36-39-43-46-50-54-58-62-66-70-76(81)75(74-80)79-77(82)71-67-63-59-55-51-47-44-40-37-34-31-28-25-24-26-29-32-35-38-41-45-49-53-57-61-65-69-73-84-78(83)72-68-64-60-56-52-48-42-18-16-14-12-10-8-6-4-2/h12,14,18,24-25,42,75-76,80-81H,3-11,13,15-17,19-23,26-41,43-74H2,1-2H3,(H,79,82)/b14-12-,25-24-,42-18-. The maximum atomic E-state index is 12.6. The van der Waals surface area contributed by atoms with Crippen LogP contribution >= 0.6 is 0 Å². The molecule has 0 saturated carbocycles. The zero-order valence-electron chi connectivity index (χ0n) is 56.9. The number of nitrogens with one attached hydrogen (secondary N) is 1. The van der Waals surface area contributed by atoms with E-state index in [0.29, 0.717) is 25.9 Å². The number of hydrogen-bond acceptors (Lipinski definition) is 5. The third kappa shape index (κ3) is 69.2. The molecule has 84 heavy (non-hydrogen) atoms. The van der Waals surface area contributed by atoms with E-state index in [9.17, 15) is 19.8 Å². The topological polar surface area (TPSA) is 95.9 Å². The Bertz CT molecular complexity index is 1360. The molecule has 0 rings (SSSR count). The zero-order chi connectivity index (χ0) is 60.6. The number of carbonyl (C=O) groups is 2. The van der Waals surface area contributed by atoms with Crippen LogP contribution in [0, 0.1) is 0 Å². The molecule has 0 bridgehead atoms. The molecule has 0 aromatic carbocycles. The molecule has 0 fully saturated rings. The molecule has 496 valence electrons. The molecule has 0 saturated heterocycles. The van der Waals surface area contributed by atoms with Crippen molar-refractivity contribution in [1.82, 2.24) is 5.32 Å². The SMILES string of the molecule is CCCCC/C=C\C/C=C\CCCCCCCC(=O)OCCCCCCCCCCCCCC/C=C\CCCCCCCCCCCCCC(=O)NC(CO)C(O)CCCCCCCCCCCCCCCCCCCCCCCCCCC. The molecule has 2 unspecified atom stereocenters. The van der Waals surface area contributed by atoms with Crippen LogP contribution in [0.5, 0.6) is 0 Å². The van der Waals surface area contributed by atoms with Gasteiger partial charge in [-0.2, -0.15) is 0 Å². The molecule has 0 aromatic rings. The van der Waals surface area contributed by atoms with E-state index in [1.807, 2.05) is 0 Å². The van der Waals surface area contributed by atoms with Crippen LogP contribution in [0.1, 0.15) is 425 Å². The van der Waals surface area contributed by atoms with E-state index in [2.05, 4.69) is 55.6 Å². The molecule has 0 heterocycles. The number of rotatable bonds is 72. The quantitative estimate of drug-likeness (QED) is 0.0320. The largest absolute Gasteiger partial charge is 0.466 e. The molecular formula is C78H149NO5. The zero-order valence-corrected chi connectivity index (χ0v) is 56.9.